The van der Waals surface area contributed by atoms with Gasteiger partial charge in [0.25, 0.3) is 0 Å². The molecule has 6 heteroatoms. The van der Waals surface area contributed by atoms with Gasteiger partial charge in [0.15, 0.2) is 0 Å². The van der Waals surface area contributed by atoms with E-state index in [1.165, 1.54) is 14.2 Å². The van der Waals surface area contributed by atoms with Crippen molar-refractivity contribution >= 4 is 23.7 Å². The van der Waals surface area contributed by atoms with E-state index < -0.39 is 23.8 Å². The fourth-order valence-corrected chi connectivity index (χ4v) is 3.76. The number of rotatable bonds is 5. The van der Waals surface area contributed by atoms with Crippen LogP contribution in [0.2, 0.25) is 0 Å². The molecular formula is C17H20O5S. The molecule has 5 nitrogen and oxygen atoms in total. The molecule has 0 saturated carbocycles. The van der Waals surface area contributed by atoms with Crippen LogP contribution in [0.1, 0.15) is 12.8 Å². The second-order valence-electron chi connectivity index (χ2n) is 5.13. The van der Waals surface area contributed by atoms with E-state index in [-0.39, 0.29) is 0 Å². The quantitative estimate of drug-likeness (QED) is 0.770. The summed E-state index contributed by atoms with van der Waals surface area (Å²) in [7, 11) is 4.23. The predicted molar refractivity (Wildman–Crippen MR) is 86.6 cm³/mol. The molecule has 23 heavy (non-hydrogen) atoms. The minimum atomic E-state index is -0.581. The van der Waals surface area contributed by atoms with Crippen molar-refractivity contribution in [1.82, 2.24) is 0 Å². The SMILES string of the molecule is COC(=O)[C@H]1CC(Sc2ccccc2)=C(OC)C[C@H]1C(=O)OC. The Labute approximate surface area is 140 Å². The molecule has 2 atom stereocenters. The van der Waals surface area contributed by atoms with Crippen LogP contribution in [0, 0.1) is 11.8 Å². The fourth-order valence-electron chi connectivity index (χ4n) is 2.64. The average Bonchev–Trinajstić information content (AvgIpc) is 2.60. The number of allylic oxidation sites excluding steroid dienone is 2. The summed E-state index contributed by atoms with van der Waals surface area (Å²) in [4.78, 5) is 26.1. The maximum atomic E-state index is 12.1. The third kappa shape index (κ3) is 4.07. The topological polar surface area (TPSA) is 61.8 Å². The number of methoxy groups -OCH3 is 3. The summed E-state index contributed by atoms with van der Waals surface area (Å²) in [6, 6.07) is 9.83. The molecule has 1 aromatic rings. The number of esters is 2. The van der Waals surface area contributed by atoms with Gasteiger partial charge in [-0.1, -0.05) is 30.0 Å². The smallest absolute Gasteiger partial charge is 0.310 e. The maximum absolute atomic E-state index is 12.1. The molecule has 0 bridgehead atoms. The molecule has 124 valence electrons. The summed E-state index contributed by atoms with van der Waals surface area (Å²) in [5.41, 5.74) is 0. The van der Waals surface area contributed by atoms with Crippen LogP contribution in [0.15, 0.2) is 45.9 Å². The summed E-state index contributed by atoms with van der Waals surface area (Å²) in [5.74, 6) is -1.24. The van der Waals surface area contributed by atoms with Crippen molar-refractivity contribution in [2.75, 3.05) is 21.3 Å². The van der Waals surface area contributed by atoms with Crippen molar-refractivity contribution < 1.29 is 23.8 Å². The zero-order valence-electron chi connectivity index (χ0n) is 13.4. The zero-order chi connectivity index (χ0) is 16.8. The van der Waals surface area contributed by atoms with Crippen molar-refractivity contribution in [3.63, 3.8) is 0 Å². The van der Waals surface area contributed by atoms with Crippen LogP contribution < -0.4 is 0 Å². The second-order valence-corrected chi connectivity index (χ2v) is 6.30. The van der Waals surface area contributed by atoms with Gasteiger partial charge in [0.2, 0.25) is 0 Å². The zero-order valence-corrected chi connectivity index (χ0v) is 14.2. The minimum absolute atomic E-state index is 0.331. The van der Waals surface area contributed by atoms with Gasteiger partial charge in [-0.2, -0.15) is 0 Å². The Bertz CT molecular complexity index is 596. The molecule has 0 amide bonds. The van der Waals surface area contributed by atoms with E-state index in [1.807, 2.05) is 30.3 Å². The van der Waals surface area contributed by atoms with Crippen LogP contribution >= 0.6 is 11.8 Å². The number of carbonyl (C=O) groups is 2. The van der Waals surface area contributed by atoms with Crippen molar-refractivity contribution in [2.24, 2.45) is 11.8 Å². The van der Waals surface area contributed by atoms with E-state index in [4.69, 9.17) is 14.2 Å². The summed E-state index contributed by atoms with van der Waals surface area (Å²) in [6.45, 7) is 0. The monoisotopic (exact) mass is 336 g/mol. The summed E-state index contributed by atoms with van der Waals surface area (Å²) < 4.78 is 15.2. The first kappa shape index (κ1) is 17.4. The Hall–Kier alpha value is -1.95. The van der Waals surface area contributed by atoms with Crippen LogP contribution in [0.25, 0.3) is 0 Å². The highest BCUT2D eigenvalue weighted by Gasteiger charge is 2.41. The summed E-state index contributed by atoms with van der Waals surface area (Å²) in [5, 5.41) is 0. The van der Waals surface area contributed by atoms with Gasteiger partial charge in [0.05, 0.1) is 33.2 Å². The second kappa shape index (κ2) is 8.06. The van der Waals surface area contributed by atoms with Gasteiger partial charge < -0.3 is 14.2 Å². The first-order valence-electron chi connectivity index (χ1n) is 7.25. The molecular weight excluding hydrogens is 316 g/mol. The number of hydrogen-bond donors (Lipinski definition) is 0. The van der Waals surface area contributed by atoms with Gasteiger partial charge in [0, 0.05) is 16.2 Å². The molecule has 0 spiro atoms. The van der Waals surface area contributed by atoms with Gasteiger partial charge in [-0.15, -0.1) is 0 Å². The van der Waals surface area contributed by atoms with Gasteiger partial charge >= 0.3 is 11.9 Å². The molecule has 0 unspecified atom stereocenters. The van der Waals surface area contributed by atoms with Crippen molar-refractivity contribution in [1.29, 1.82) is 0 Å². The van der Waals surface area contributed by atoms with Gasteiger partial charge in [-0.05, 0) is 18.6 Å². The number of carbonyl (C=O) groups excluding carboxylic acids is 2. The number of hydrogen-bond acceptors (Lipinski definition) is 6. The van der Waals surface area contributed by atoms with Crippen molar-refractivity contribution in [2.45, 2.75) is 17.7 Å². The van der Waals surface area contributed by atoms with Gasteiger partial charge in [0.1, 0.15) is 5.76 Å². The third-order valence-electron chi connectivity index (χ3n) is 3.85. The highest BCUT2D eigenvalue weighted by Crippen LogP contribution is 2.43. The standard InChI is InChI=1S/C17H20O5S/c1-20-14-9-12(16(18)21-2)13(17(19)22-3)10-15(14)23-11-7-5-4-6-8-11/h4-8,12-13H,9-10H2,1-3H3/t12-,13+/m1/s1. The largest absolute Gasteiger partial charge is 0.500 e. The molecule has 0 fully saturated rings. The van der Waals surface area contributed by atoms with Crippen LogP contribution in [0.4, 0.5) is 0 Å². The van der Waals surface area contributed by atoms with Crippen molar-refractivity contribution in [3.8, 4) is 0 Å². The average molecular weight is 336 g/mol. The van der Waals surface area contributed by atoms with Crippen LogP contribution in [-0.4, -0.2) is 33.3 Å². The van der Waals surface area contributed by atoms with Crippen molar-refractivity contribution in [3.05, 3.63) is 41.0 Å². The molecule has 1 aliphatic rings. The van der Waals surface area contributed by atoms with E-state index in [0.29, 0.717) is 12.8 Å². The third-order valence-corrected chi connectivity index (χ3v) is 4.99. The number of ether oxygens (including phenoxy) is 3. The molecule has 0 radical (unpaired) electrons. The van der Waals surface area contributed by atoms with Crippen LogP contribution in [0.5, 0.6) is 0 Å². The normalized spacial score (nSPS) is 20.8. The molecule has 0 saturated heterocycles. The minimum Gasteiger partial charge on any atom is -0.500 e. The van der Waals surface area contributed by atoms with Crippen LogP contribution in [0.3, 0.4) is 0 Å². The summed E-state index contributed by atoms with van der Waals surface area (Å²) in [6.07, 6.45) is 0.729. The highest BCUT2D eigenvalue weighted by molar-refractivity contribution is 8.03. The molecule has 0 aromatic heterocycles. The van der Waals surface area contributed by atoms with E-state index >= 15 is 0 Å². The lowest BCUT2D eigenvalue weighted by molar-refractivity contribution is -0.158. The number of thioether (sulfide) groups is 1. The molecule has 0 N–H and O–H groups in total. The summed E-state index contributed by atoms with van der Waals surface area (Å²) >= 11 is 1.54. The van der Waals surface area contributed by atoms with Crippen LogP contribution in [-0.2, 0) is 23.8 Å². The first-order valence-corrected chi connectivity index (χ1v) is 8.07. The lowest BCUT2D eigenvalue weighted by Gasteiger charge is -2.30. The Morgan fingerprint density at radius 3 is 2.04 bits per heavy atom. The lowest BCUT2D eigenvalue weighted by atomic mass is 9.82. The molecule has 1 aromatic carbocycles. The van der Waals surface area contributed by atoms with Gasteiger partial charge in [-0.25, -0.2) is 0 Å². The molecule has 0 heterocycles. The predicted octanol–water partition coefficient (Wildman–Crippen LogP) is 3.01. The first-order chi connectivity index (χ1) is 11.1. The van der Waals surface area contributed by atoms with E-state index in [2.05, 4.69) is 0 Å². The van der Waals surface area contributed by atoms with Gasteiger partial charge in [-0.3, -0.25) is 9.59 Å². The number of benzene rings is 1. The molecule has 2 rings (SSSR count). The lowest BCUT2D eigenvalue weighted by Crippen LogP contribution is -2.35. The fraction of sp³-hybridized carbons (Fsp3) is 0.412. The Morgan fingerprint density at radius 2 is 1.52 bits per heavy atom. The van der Waals surface area contributed by atoms with E-state index in [9.17, 15) is 9.59 Å². The molecule has 0 aliphatic heterocycles. The molecule has 1 aliphatic carbocycles. The Kier molecular flexibility index (Phi) is 6.10. The maximum Gasteiger partial charge on any atom is 0.310 e. The Morgan fingerprint density at radius 1 is 0.957 bits per heavy atom. The van der Waals surface area contributed by atoms with E-state index in [0.717, 1.165) is 15.6 Å². The van der Waals surface area contributed by atoms with E-state index in [1.54, 1.807) is 18.9 Å². The Balaban J connectivity index is 2.30. The highest BCUT2D eigenvalue weighted by atomic mass is 32.2.